The Morgan fingerprint density at radius 1 is 0.931 bits per heavy atom. The summed E-state index contributed by atoms with van der Waals surface area (Å²) in [5.41, 5.74) is 2.60. The standard InChI is InChI=1S/C23H17FN2O3/c24-18-11-9-16(10-12-18)14-26-22(27)15-29-23(28)21-8-4-3-7-20(21)19-6-2-1-5-17(19)13-25/h1-12H,14-15H2,(H,26,27). The molecule has 6 heteroatoms. The number of esters is 1. The number of nitrogens with one attached hydrogen (secondary N) is 1. The van der Waals surface area contributed by atoms with Crippen molar-refractivity contribution in [3.63, 3.8) is 0 Å². The van der Waals surface area contributed by atoms with E-state index in [-0.39, 0.29) is 17.9 Å². The maximum atomic E-state index is 12.9. The number of hydrogen-bond donors (Lipinski definition) is 1. The van der Waals surface area contributed by atoms with Gasteiger partial charge in [0.05, 0.1) is 17.2 Å². The average molecular weight is 388 g/mol. The molecule has 0 fully saturated rings. The number of hydrogen-bond acceptors (Lipinski definition) is 4. The third-order valence-electron chi connectivity index (χ3n) is 4.22. The Morgan fingerprint density at radius 2 is 1.59 bits per heavy atom. The Bertz CT molecular complexity index is 1070. The molecule has 0 atom stereocenters. The molecule has 0 aromatic heterocycles. The van der Waals surface area contributed by atoms with E-state index in [1.807, 2.05) is 0 Å². The van der Waals surface area contributed by atoms with Crippen molar-refractivity contribution in [2.75, 3.05) is 6.61 Å². The van der Waals surface area contributed by atoms with Crippen molar-refractivity contribution in [1.82, 2.24) is 5.32 Å². The smallest absolute Gasteiger partial charge is 0.339 e. The molecule has 0 saturated carbocycles. The van der Waals surface area contributed by atoms with Crippen LogP contribution in [0.2, 0.25) is 0 Å². The van der Waals surface area contributed by atoms with Crippen LogP contribution in [0, 0.1) is 17.1 Å². The molecule has 3 rings (SSSR count). The fourth-order valence-electron chi connectivity index (χ4n) is 2.77. The first-order valence-electron chi connectivity index (χ1n) is 8.85. The fraction of sp³-hybridized carbons (Fsp3) is 0.0870. The van der Waals surface area contributed by atoms with Crippen LogP contribution in [0.15, 0.2) is 72.8 Å². The molecule has 0 unspecified atom stereocenters. The van der Waals surface area contributed by atoms with Gasteiger partial charge in [-0.05, 0) is 35.4 Å². The molecule has 0 aliphatic rings. The molecule has 0 saturated heterocycles. The topological polar surface area (TPSA) is 79.2 Å². The van der Waals surface area contributed by atoms with Gasteiger partial charge in [0.15, 0.2) is 6.61 Å². The SMILES string of the molecule is N#Cc1ccccc1-c1ccccc1C(=O)OCC(=O)NCc1ccc(F)cc1. The van der Waals surface area contributed by atoms with Crippen LogP contribution in [-0.4, -0.2) is 18.5 Å². The number of amides is 1. The number of carbonyl (C=O) groups excluding carboxylic acids is 2. The molecule has 0 radical (unpaired) electrons. The second-order valence-corrected chi connectivity index (χ2v) is 6.18. The van der Waals surface area contributed by atoms with Crippen LogP contribution in [0.3, 0.4) is 0 Å². The lowest BCUT2D eigenvalue weighted by atomic mass is 9.96. The number of carbonyl (C=O) groups is 2. The van der Waals surface area contributed by atoms with E-state index in [9.17, 15) is 19.2 Å². The highest BCUT2D eigenvalue weighted by molar-refractivity contribution is 5.98. The first kappa shape index (κ1) is 19.8. The molecule has 3 aromatic rings. The molecule has 144 valence electrons. The molecule has 29 heavy (non-hydrogen) atoms. The molecular weight excluding hydrogens is 371 g/mol. The summed E-state index contributed by atoms with van der Waals surface area (Å²) in [5, 5.41) is 11.9. The number of nitriles is 1. The van der Waals surface area contributed by atoms with Gasteiger partial charge in [-0.25, -0.2) is 9.18 Å². The van der Waals surface area contributed by atoms with E-state index in [0.29, 0.717) is 16.7 Å². The largest absolute Gasteiger partial charge is 0.452 e. The zero-order valence-corrected chi connectivity index (χ0v) is 15.4. The molecular formula is C23H17FN2O3. The zero-order chi connectivity index (χ0) is 20.6. The first-order chi connectivity index (χ1) is 14.1. The van der Waals surface area contributed by atoms with Gasteiger partial charge in [-0.15, -0.1) is 0 Å². The molecule has 0 aliphatic heterocycles. The fourth-order valence-corrected chi connectivity index (χ4v) is 2.77. The van der Waals surface area contributed by atoms with Crippen molar-refractivity contribution >= 4 is 11.9 Å². The normalized spacial score (nSPS) is 10.1. The summed E-state index contributed by atoms with van der Waals surface area (Å²) >= 11 is 0. The Labute approximate surface area is 167 Å². The van der Waals surface area contributed by atoms with Crippen LogP contribution in [0.25, 0.3) is 11.1 Å². The maximum Gasteiger partial charge on any atom is 0.339 e. The number of halogens is 1. The van der Waals surface area contributed by atoms with Gasteiger partial charge in [-0.3, -0.25) is 4.79 Å². The average Bonchev–Trinajstić information content (AvgIpc) is 2.77. The first-order valence-corrected chi connectivity index (χ1v) is 8.85. The van der Waals surface area contributed by atoms with Crippen LogP contribution < -0.4 is 5.32 Å². The molecule has 1 N–H and O–H groups in total. The van der Waals surface area contributed by atoms with E-state index < -0.39 is 18.5 Å². The van der Waals surface area contributed by atoms with E-state index in [2.05, 4.69) is 11.4 Å². The Morgan fingerprint density at radius 3 is 2.31 bits per heavy atom. The van der Waals surface area contributed by atoms with Gasteiger partial charge >= 0.3 is 5.97 Å². The highest BCUT2D eigenvalue weighted by atomic mass is 19.1. The van der Waals surface area contributed by atoms with Crippen LogP contribution in [0.1, 0.15) is 21.5 Å². The minimum atomic E-state index is -0.662. The van der Waals surface area contributed by atoms with Crippen molar-refractivity contribution in [3.8, 4) is 17.2 Å². The summed E-state index contributed by atoms with van der Waals surface area (Å²) in [6.45, 7) is -0.253. The van der Waals surface area contributed by atoms with E-state index >= 15 is 0 Å². The number of nitrogens with zero attached hydrogens (tertiary/aromatic N) is 1. The van der Waals surface area contributed by atoms with Gasteiger partial charge in [0.2, 0.25) is 0 Å². The van der Waals surface area contributed by atoms with Crippen LogP contribution in [-0.2, 0) is 16.1 Å². The summed E-state index contributed by atoms with van der Waals surface area (Å²) in [7, 11) is 0. The van der Waals surface area contributed by atoms with Gasteiger partial charge in [0, 0.05) is 12.1 Å². The molecule has 0 heterocycles. The quantitative estimate of drug-likeness (QED) is 0.651. The minimum absolute atomic E-state index is 0.197. The van der Waals surface area contributed by atoms with Crippen LogP contribution in [0.5, 0.6) is 0 Å². The molecule has 3 aromatic carbocycles. The summed E-state index contributed by atoms with van der Waals surface area (Å²) in [4.78, 5) is 24.5. The van der Waals surface area contributed by atoms with E-state index in [4.69, 9.17) is 4.74 Å². The highest BCUT2D eigenvalue weighted by Crippen LogP contribution is 2.27. The van der Waals surface area contributed by atoms with Crippen LogP contribution in [0.4, 0.5) is 4.39 Å². The molecule has 1 amide bonds. The van der Waals surface area contributed by atoms with E-state index in [1.165, 1.54) is 12.1 Å². The van der Waals surface area contributed by atoms with Gasteiger partial charge in [0.25, 0.3) is 5.91 Å². The van der Waals surface area contributed by atoms with Gasteiger partial charge < -0.3 is 10.1 Å². The van der Waals surface area contributed by atoms with E-state index in [1.54, 1.807) is 60.7 Å². The lowest BCUT2D eigenvalue weighted by Gasteiger charge is -2.11. The summed E-state index contributed by atoms with van der Waals surface area (Å²) in [5.74, 6) is -1.49. The number of benzene rings is 3. The minimum Gasteiger partial charge on any atom is -0.452 e. The summed E-state index contributed by atoms with van der Waals surface area (Å²) in [6.07, 6.45) is 0. The van der Waals surface area contributed by atoms with Gasteiger partial charge in [-0.2, -0.15) is 5.26 Å². The summed E-state index contributed by atoms with van der Waals surface area (Å²) < 4.78 is 18.0. The molecule has 0 bridgehead atoms. The summed E-state index contributed by atoms with van der Waals surface area (Å²) in [6, 6.07) is 21.5. The van der Waals surface area contributed by atoms with Crippen molar-refractivity contribution < 1.29 is 18.7 Å². The van der Waals surface area contributed by atoms with Crippen molar-refractivity contribution in [2.24, 2.45) is 0 Å². The number of ether oxygens (including phenoxy) is 1. The Hall–Kier alpha value is -3.98. The lowest BCUT2D eigenvalue weighted by Crippen LogP contribution is -2.28. The van der Waals surface area contributed by atoms with Gasteiger partial charge in [-0.1, -0.05) is 48.5 Å². The Kier molecular flexibility index (Phi) is 6.33. The van der Waals surface area contributed by atoms with E-state index in [0.717, 1.165) is 5.56 Å². The van der Waals surface area contributed by atoms with Crippen molar-refractivity contribution in [2.45, 2.75) is 6.54 Å². The third-order valence-corrected chi connectivity index (χ3v) is 4.22. The van der Waals surface area contributed by atoms with Crippen molar-refractivity contribution in [1.29, 1.82) is 5.26 Å². The third kappa shape index (κ3) is 5.05. The second kappa shape index (κ2) is 9.29. The lowest BCUT2D eigenvalue weighted by molar-refractivity contribution is -0.124. The van der Waals surface area contributed by atoms with Gasteiger partial charge in [0.1, 0.15) is 5.82 Å². The molecule has 5 nitrogen and oxygen atoms in total. The monoisotopic (exact) mass is 388 g/mol. The maximum absolute atomic E-state index is 12.9. The van der Waals surface area contributed by atoms with Crippen molar-refractivity contribution in [3.05, 3.63) is 95.3 Å². The predicted octanol–water partition coefficient (Wildman–Crippen LogP) is 3.84. The second-order valence-electron chi connectivity index (χ2n) is 6.18. The highest BCUT2D eigenvalue weighted by Gasteiger charge is 2.17. The Balaban J connectivity index is 1.65. The van der Waals surface area contributed by atoms with Crippen LogP contribution >= 0.6 is 0 Å². The zero-order valence-electron chi connectivity index (χ0n) is 15.4. The molecule has 0 aliphatic carbocycles. The predicted molar refractivity (Wildman–Crippen MR) is 105 cm³/mol. The number of rotatable bonds is 6. The molecule has 0 spiro atoms.